The van der Waals surface area contributed by atoms with E-state index < -0.39 is 0 Å². The summed E-state index contributed by atoms with van der Waals surface area (Å²) in [5.41, 5.74) is 3.43. The molecule has 0 aliphatic carbocycles. The summed E-state index contributed by atoms with van der Waals surface area (Å²) in [6, 6.07) is 16.6. The molecule has 1 aliphatic heterocycles. The molecule has 0 bridgehead atoms. The molecule has 26 heavy (non-hydrogen) atoms. The highest BCUT2D eigenvalue weighted by Gasteiger charge is 2.24. The van der Waals surface area contributed by atoms with Gasteiger partial charge in [-0.3, -0.25) is 0 Å². The van der Waals surface area contributed by atoms with Crippen molar-refractivity contribution in [2.75, 3.05) is 13.2 Å². The summed E-state index contributed by atoms with van der Waals surface area (Å²) in [6.07, 6.45) is 2.25. The fraction of sp³-hybridized carbons (Fsp3) is 0.409. The summed E-state index contributed by atoms with van der Waals surface area (Å²) in [7, 11) is 0. The highest BCUT2D eigenvalue weighted by Crippen LogP contribution is 2.31. The number of benzene rings is 2. The maximum absolute atomic E-state index is 6.15. The van der Waals surface area contributed by atoms with Crippen molar-refractivity contribution >= 4 is 11.0 Å². The Morgan fingerprint density at radius 3 is 2.77 bits per heavy atom. The fourth-order valence-corrected chi connectivity index (χ4v) is 3.69. The zero-order valence-electron chi connectivity index (χ0n) is 15.5. The van der Waals surface area contributed by atoms with Crippen molar-refractivity contribution < 1.29 is 9.47 Å². The summed E-state index contributed by atoms with van der Waals surface area (Å²) < 4.78 is 14.3. The van der Waals surface area contributed by atoms with E-state index in [1.807, 2.05) is 12.1 Å². The van der Waals surface area contributed by atoms with E-state index in [1.54, 1.807) is 0 Å². The maximum Gasteiger partial charge on any atom is 0.139 e. The van der Waals surface area contributed by atoms with Crippen LogP contribution in [-0.4, -0.2) is 22.8 Å². The summed E-state index contributed by atoms with van der Waals surface area (Å²) >= 11 is 0. The van der Waals surface area contributed by atoms with Crippen LogP contribution in [-0.2, 0) is 11.3 Å². The molecule has 1 aliphatic rings. The molecule has 0 N–H and O–H groups in total. The highest BCUT2D eigenvalue weighted by atomic mass is 16.5. The van der Waals surface area contributed by atoms with E-state index in [0.29, 0.717) is 12.5 Å². The molecule has 4 heteroatoms. The molecular weight excluding hydrogens is 324 g/mol. The first-order valence-corrected chi connectivity index (χ1v) is 9.52. The first-order valence-electron chi connectivity index (χ1n) is 9.52. The monoisotopic (exact) mass is 350 g/mol. The quantitative estimate of drug-likeness (QED) is 0.621. The van der Waals surface area contributed by atoms with Gasteiger partial charge >= 0.3 is 0 Å². The van der Waals surface area contributed by atoms with Crippen molar-refractivity contribution in [3.8, 4) is 5.75 Å². The summed E-state index contributed by atoms with van der Waals surface area (Å²) in [5, 5.41) is 0. The Balaban J connectivity index is 1.56. The third-order valence-corrected chi connectivity index (χ3v) is 5.02. The Morgan fingerprint density at radius 1 is 1.15 bits per heavy atom. The van der Waals surface area contributed by atoms with E-state index in [2.05, 4.69) is 54.8 Å². The minimum Gasteiger partial charge on any atom is -0.491 e. The van der Waals surface area contributed by atoms with Crippen LogP contribution in [0.25, 0.3) is 11.0 Å². The third-order valence-electron chi connectivity index (χ3n) is 5.02. The molecule has 1 aromatic heterocycles. The minimum atomic E-state index is 0.102. The van der Waals surface area contributed by atoms with Crippen LogP contribution in [0, 0.1) is 0 Å². The number of rotatable bonds is 6. The van der Waals surface area contributed by atoms with Crippen LogP contribution in [0.3, 0.4) is 0 Å². The topological polar surface area (TPSA) is 36.3 Å². The lowest BCUT2D eigenvalue weighted by atomic mass is 10.0. The normalized spacial score (nSPS) is 17.3. The number of nitrogens with zero attached hydrogens (tertiary/aromatic N) is 2. The van der Waals surface area contributed by atoms with E-state index in [9.17, 15) is 0 Å². The van der Waals surface area contributed by atoms with Gasteiger partial charge < -0.3 is 14.0 Å². The molecule has 136 valence electrons. The Labute approximate surface area is 154 Å². The van der Waals surface area contributed by atoms with Gasteiger partial charge in [0.2, 0.25) is 0 Å². The van der Waals surface area contributed by atoms with Gasteiger partial charge in [0.25, 0.3) is 0 Å². The number of ether oxygens (including phenoxy) is 2. The van der Waals surface area contributed by atoms with Crippen molar-refractivity contribution in [2.45, 2.75) is 45.3 Å². The van der Waals surface area contributed by atoms with Gasteiger partial charge in [-0.25, -0.2) is 4.98 Å². The van der Waals surface area contributed by atoms with Gasteiger partial charge in [-0.1, -0.05) is 44.2 Å². The van der Waals surface area contributed by atoms with Crippen molar-refractivity contribution in [3.63, 3.8) is 0 Å². The van der Waals surface area contributed by atoms with Gasteiger partial charge in [-0.05, 0) is 42.5 Å². The molecule has 4 nitrogen and oxygen atoms in total. The van der Waals surface area contributed by atoms with Crippen LogP contribution >= 0.6 is 0 Å². The second-order valence-corrected chi connectivity index (χ2v) is 7.15. The lowest BCUT2D eigenvalue weighted by molar-refractivity contribution is 0.101. The summed E-state index contributed by atoms with van der Waals surface area (Å²) in [4.78, 5) is 4.85. The molecule has 2 heterocycles. The van der Waals surface area contributed by atoms with E-state index in [1.165, 1.54) is 5.56 Å². The van der Waals surface area contributed by atoms with Crippen LogP contribution in [0.15, 0.2) is 48.5 Å². The van der Waals surface area contributed by atoms with Crippen molar-refractivity contribution in [1.82, 2.24) is 9.55 Å². The van der Waals surface area contributed by atoms with Gasteiger partial charge in [0.15, 0.2) is 0 Å². The second kappa shape index (κ2) is 7.50. The molecule has 1 fully saturated rings. The second-order valence-electron chi connectivity index (χ2n) is 7.15. The first-order chi connectivity index (χ1) is 12.7. The van der Waals surface area contributed by atoms with Gasteiger partial charge in [-0.15, -0.1) is 0 Å². The zero-order valence-corrected chi connectivity index (χ0v) is 15.5. The van der Waals surface area contributed by atoms with Gasteiger partial charge in [0.1, 0.15) is 24.3 Å². The molecular formula is C22H26N2O2. The molecule has 0 spiro atoms. The van der Waals surface area contributed by atoms with Crippen LogP contribution in [0.5, 0.6) is 5.75 Å². The zero-order chi connectivity index (χ0) is 17.9. The Morgan fingerprint density at radius 2 is 1.96 bits per heavy atom. The average molecular weight is 350 g/mol. The Bertz CT molecular complexity index is 879. The molecule has 0 amide bonds. The van der Waals surface area contributed by atoms with Crippen molar-refractivity contribution in [2.24, 2.45) is 0 Å². The SMILES string of the molecule is CC(C)c1ccccc1OCCn1c(C2CCCO2)nc2ccccc21. The highest BCUT2D eigenvalue weighted by molar-refractivity contribution is 5.76. The number of hydrogen-bond acceptors (Lipinski definition) is 3. The average Bonchev–Trinajstić information content (AvgIpc) is 3.30. The Hall–Kier alpha value is -2.33. The molecule has 0 saturated carbocycles. The van der Waals surface area contributed by atoms with Crippen LogP contribution in [0.1, 0.15) is 50.1 Å². The molecule has 1 saturated heterocycles. The van der Waals surface area contributed by atoms with E-state index in [-0.39, 0.29) is 6.10 Å². The van der Waals surface area contributed by atoms with Gasteiger partial charge in [0, 0.05) is 6.61 Å². The predicted molar refractivity (Wildman–Crippen MR) is 104 cm³/mol. The van der Waals surface area contributed by atoms with E-state index in [4.69, 9.17) is 14.5 Å². The number of fused-ring (bicyclic) bond motifs is 1. The largest absolute Gasteiger partial charge is 0.491 e. The third kappa shape index (κ3) is 3.34. The van der Waals surface area contributed by atoms with Crippen LogP contribution in [0.4, 0.5) is 0 Å². The molecule has 4 rings (SSSR count). The van der Waals surface area contributed by atoms with Crippen molar-refractivity contribution in [1.29, 1.82) is 0 Å². The summed E-state index contributed by atoms with van der Waals surface area (Å²) in [5.74, 6) is 2.46. The minimum absolute atomic E-state index is 0.102. The maximum atomic E-state index is 6.15. The van der Waals surface area contributed by atoms with Crippen molar-refractivity contribution in [3.05, 3.63) is 59.9 Å². The van der Waals surface area contributed by atoms with Gasteiger partial charge in [-0.2, -0.15) is 0 Å². The Kier molecular flexibility index (Phi) is 4.93. The molecule has 1 unspecified atom stereocenters. The predicted octanol–water partition coefficient (Wildman–Crippen LogP) is 5.09. The fourth-order valence-electron chi connectivity index (χ4n) is 3.69. The van der Waals surface area contributed by atoms with Crippen LogP contribution in [0.2, 0.25) is 0 Å². The van der Waals surface area contributed by atoms with Gasteiger partial charge in [0.05, 0.1) is 17.6 Å². The standard InChI is InChI=1S/C22H26N2O2/c1-16(2)17-8-3-6-11-20(17)26-15-13-24-19-10-5-4-9-18(19)23-22(24)21-12-7-14-25-21/h3-6,8-11,16,21H,7,12-15H2,1-2H3. The molecule has 0 radical (unpaired) electrons. The number of hydrogen-bond donors (Lipinski definition) is 0. The molecule has 3 aromatic rings. The lowest BCUT2D eigenvalue weighted by Crippen LogP contribution is -2.14. The number of aromatic nitrogens is 2. The lowest BCUT2D eigenvalue weighted by Gasteiger charge is -2.16. The number of para-hydroxylation sites is 3. The molecule has 1 atom stereocenters. The van der Waals surface area contributed by atoms with E-state index in [0.717, 1.165) is 48.6 Å². The number of imidazole rings is 1. The van der Waals surface area contributed by atoms with E-state index >= 15 is 0 Å². The smallest absolute Gasteiger partial charge is 0.139 e. The first kappa shape index (κ1) is 17.1. The van der Waals surface area contributed by atoms with Crippen LogP contribution < -0.4 is 4.74 Å². The summed E-state index contributed by atoms with van der Waals surface area (Å²) in [6.45, 7) is 6.60. The molecule has 2 aromatic carbocycles.